The first-order chi connectivity index (χ1) is 12.5. The lowest BCUT2D eigenvalue weighted by atomic mass is 9.94. The predicted molar refractivity (Wildman–Crippen MR) is 99.4 cm³/mol. The Morgan fingerprint density at radius 1 is 1.19 bits per heavy atom. The number of aromatic nitrogens is 1. The molecule has 0 amide bonds. The van der Waals surface area contributed by atoms with Crippen molar-refractivity contribution in [3.05, 3.63) is 41.6 Å². The van der Waals surface area contributed by atoms with E-state index < -0.39 is 0 Å². The second-order valence-electron chi connectivity index (χ2n) is 7.10. The van der Waals surface area contributed by atoms with E-state index >= 15 is 0 Å². The van der Waals surface area contributed by atoms with E-state index in [4.69, 9.17) is 13.9 Å². The number of guanidine groups is 1. The van der Waals surface area contributed by atoms with Gasteiger partial charge in [-0.3, -0.25) is 0 Å². The number of nitrogens with zero attached hydrogens (tertiary/aromatic N) is 2. The molecule has 7 nitrogen and oxygen atoms in total. The Labute approximate surface area is 153 Å². The summed E-state index contributed by atoms with van der Waals surface area (Å²) in [6.45, 7) is 10.4. The van der Waals surface area contributed by atoms with Crippen molar-refractivity contribution in [2.24, 2.45) is 4.99 Å². The number of hydrogen-bond acceptors (Lipinski definition) is 5. The van der Waals surface area contributed by atoms with Crippen LogP contribution < -0.4 is 20.1 Å². The summed E-state index contributed by atoms with van der Waals surface area (Å²) in [5.41, 5.74) is 1.00. The highest BCUT2D eigenvalue weighted by Crippen LogP contribution is 2.32. The Morgan fingerprint density at radius 3 is 2.73 bits per heavy atom. The molecule has 3 rings (SSSR count). The molecule has 7 heteroatoms. The standard InChI is InChI=1S/C19H26N4O3/c1-5-20-18(23-11-17-21-10-16(26-17)19(2,3)4)22-9-13-6-7-14-15(8-13)25-12-24-14/h6-8,10H,5,9,11-12H2,1-4H3,(H2,20,22,23). The molecule has 0 aliphatic carbocycles. The van der Waals surface area contributed by atoms with Gasteiger partial charge in [-0.25, -0.2) is 9.98 Å². The molecule has 2 N–H and O–H groups in total. The van der Waals surface area contributed by atoms with Gasteiger partial charge in [0.15, 0.2) is 17.5 Å². The lowest BCUT2D eigenvalue weighted by molar-refractivity contribution is 0.174. The Morgan fingerprint density at radius 2 is 2.00 bits per heavy atom. The summed E-state index contributed by atoms with van der Waals surface area (Å²) >= 11 is 0. The van der Waals surface area contributed by atoms with Crippen LogP contribution in [0.1, 0.15) is 44.9 Å². The Balaban J connectivity index is 1.61. The average molecular weight is 358 g/mol. The molecule has 2 heterocycles. The van der Waals surface area contributed by atoms with Crippen LogP contribution in [-0.2, 0) is 18.5 Å². The van der Waals surface area contributed by atoms with Gasteiger partial charge < -0.3 is 24.5 Å². The van der Waals surface area contributed by atoms with E-state index in [2.05, 4.69) is 41.4 Å². The average Bonchev–Trinajstić information content (AvgIpc) is 3.25. The van der Waals surface area contributed by atoms with Crippen molar-refractivity contribution in [2.45, 2.75) is 46.2 Å². The minimum atomic E-state index is -0.0524. The van der Waals surface area contributed by atoms with Crippen molar-refractivity contribution in [1.82, 2.24) is 15.6 Å². The quantitative estimate of drug-likeness (QED) is 0.632. The number of fused-ring (bicyclic) bond motifs is 1. The molecule has 0 bridgehead atoms. The first-order valence-electron chi connectivity index (χ1n) is 8.81. The van der Waals surface area contributed by atoms with Gasteiger partial charge in [-0.2, -0.15) is 0 Å². The predicted octanol–water partition coefficient (Wildman–Crippen LogP) is 2.96. The molecule has 0 saturated heterocycles. The van der Waals surface area contributed by atoms with Crippen molar-refractivity contribution in [2.75, 3.05) is 13.3 Å². The summed E-state index contributed by atoms with van der Waals surface area (Å²) in [6, 6.07) is 5.86. The topological polar surface area (TPSA) is 80.9 Å². The number of aliphatic imine (C=N–C) groups is 1. The fraction of sp³-hybridized carbons (Fsp3) is 0.474. The van der Waals surface area contributed by atoms with Gasteiger partial charge in [-0.05, 0) is 24.6 Å². The van der Waals surface area contributed by atoms with Crippen molar-refractivity contribution in [3.63, 3.8) is 0 Å². The van der Waals surface area contributed by atoms with Crippen LogP contribution in [0.3, 0.4) is 0 Å². The summed E-state index contributed by atoms with van der Waals surface area (Å²) in [6.07, 6.45) is 1.79. The molecule has 0 unspecified atom stereocenters. The van der Waals surface area contributed by atoms with Gasteiger partial charge in [-0.1, -0.05) is 26.8 Å². The van der Waals surface area contributed by atoms with E-state index in [1.54, 1.807) is 6.20 Å². The lowest BCUT2D eigenvalue weighted by Crippen LogP contribution is -2.36. The molecule has 0 atom stereocenters. The van der Waals surface area contributed by atoms with Gasteiger partial charge >= 0.3 is 0 Å². The third kappa shape index (κ3) is 4.47. The monoisotopic (exact) mass is 358 g/mol. The van der Waals surface area contributed by atoms with Gasteiger partial charge in [-0.15, -0.1) is 0 Å². The molecule has 0 spiro atoms. The van der Waals surface area contributed by atoms with Crippen LogP contribution in [0.4, 0.5) is 0 Å². The Hall–Kier alpha value is -2.70. The van der Waals surface area contributed by atoms with E-state index in [9.17, 15) is 0 Å². The fourth-order valence-corrected chi connectivity index (χ4v) is 2.45. The van der Waals surface area contributed by atoms with Crippen LogP contribution in [0.2, 0.25) is 0 Å². The maximum Gasteiger partial charge on any atom is 0.231 e. The summed E-state index contributed by atoms with van der Waals surface area (Å²) in [7, 11) is 0. The third-order valence-electron chi connectivity index (χ3n) is 3.90. The zero-order valence-corrected chi connectivity index (χ0v) is 15.8. The number of ether oxygens (including phenoxy) is 2. The van der Waals surface area contributed by atoms with Gasteiger partial charge in [0, 0.05) is 12.0 Å². The van der Waals surface area contributed by atoms with Crippen molar-refractivity contribution >= 4 is 5.96 Å². The number of rotatable bonds is 5. The zero-order valence-electron chi connectivity index (χ0n) is 15.8. The molecule has 1 aromatic heterocycles. The maximum atomic E-state index is 5.80. The molecular weight excluding hydrogens is 332 g/mol. The molecule has 0 fully saturated rings. The third-order valence-corrected chi connectivity index (χ3v) is 3.90. The zero-order chi connectivity index (χ0) is 18.6. The van der Waals surface area contributed by atoms with E-state index in [0.717, 1.165) is 29.4 Å². The summed E-state index contributed by atoms with van der Waals surface area (Å²) in [5.74, 6) is 3.77. The van der Waals surface area contributed by atoms with Gasteiger partial charge in [0.25, 0.3) is 0 Å². The van der Waals surface area contributed by atoms with Crippen LogP contribution in [0, 0.1) is 0 Å². The normalized spacial score (nSPS) is 13.8. The molecule has 26 heavy (non-hydrogen) atoms. The van der Waals surface area contributed by atoms with Crippen LogP contribution >= 0.6 is 0 Å². The van der Waals surface area contributed by atoms with Crippen molar-refractivity contribution in [1.29, 1.82) is 0 Å². The highest BCUT2D eigenvalue weighted by molar-refractivity contribution is 5.79. The minimum absolute atomic E-state index is 0.0524. The largest absolute Gasteiger partial charge is 0.454 e. The first-order valence-corrected chi connectivity index (χ1v) is 8.81. The smallest absolute Gasteiger partial charge is 0.231 e. The second kappa shape index (κ2) is 7.68. The molecule has 1 aliphatic heterocycles. The summed E-state index contributed by atoms with van der Waals surface area (Å²) in [5, 5.41) is 6.48. The molecule has 2 aromatic rings. The van der Waals surface area contributed by atoms with Crippen molar-refractivity contribution in [3.8, 4) is 11.5 Å². The van der Waals surface area contributed by atoms with Gasteiger partial charge in [0.2, 0.25) is 12.7 Å². The number of nitrogens with one attached hydrogen (secondary N) is 2. The van der Waals surface area contributed by atoms with E-state index in [-0.39, 0.29) is 12.2 Å². The molecule has 1 aromatic carbocycles. The number of benzene rings is 1. The lowest BCUT2D eigenvalue weighted by Gasteiger charge is -2.13. The molecule has 140 valence electrons. The summed E-state index contributed by atoms with van der Waals surface area (Å²) < 4.78 is 16.5. The highest BCUT2D eigenvalue weighted by atomic mass is 16.7. The summed E-state index contributed by atoms with van der Waals surface area (Å²) in [4.78, 5) is 8.94. The highest BCUT2D eigenvalue weighted by Gasteiger charge is 2.19. The molecular formula is C19H26N4O3. The van der Waals surface area contributed by atoms with Crippen LogP contribution in [-0.4, -0.2) is 24.3 Å². The van der Waals surface area contributed by atoms with Gasteiger partial charge in [0.05, 0.1) is 19.3 Å². The molecule has 1 aliphatic rings. The first kappa shape index (κ1) is 18.1. The van der Waals surface area contributed by atoms with Gasteiger partial charge in [0.1, 0.15) is 5.76 Å². The minimum Gasteiger partial charge on any atom is -0.454 e. The fourth-order valence-electron chi connectivity index (χ4n) is 2.45. The van der Waals surface area contributed by atoms with Crippen LogP contribution in [0.5, 0.6) is 11.5 Å². The second-order valence-corrected chi connectivity index (χ2v) is 7.10. The van der Waals surface area contributed by atoms with E-state index in [1.807, 2.05) is 25.1 Å². The maximum absolute atomic E-state index is 5.80. The van der Waals surface area contributed by atoms with E-state index in [1.165, 1.54) is 0 Å². The molecule has 0 saturated carbocycles. The number of oxazole rings is 1. The van der Waals surface area contributed by atoms with Crippen LogP contribution in [0.15, 0.2) is 33.8 Å². The number of hydrogen-bond donors (Lipinski definition) is 2. The molecule has 0 radical (unpaired) electrons. The van der Waals surface area contributed by atoms with Crippen LogP contribution in [0.25, 0.3) is 0 Å². The van der Waals surface area contributed by atoms with E-state index in [0.29, 0.717) is 24.9 Å². The Kier molecular flexibility index (Phi) is 5.35. The SMILES string of the molecule is CCNC(=NCc1ccc2c(c1)OCO2)NCc1ncc(C(C)(C)C)o1. The Bertz CT molecular complexity index is 777. The van der Waals surface area contributed by atoms with Crippen molar-refractivity contribution < 1.29 is 13.9 Å².